The Hall–Kier alpha value is -1.89. The molecule has 0 spiro atoms. The van der Waals surface area contributed by atoms with E-state index in [1.807, 2.05) is 0 Å². The van der Waals surface area contributed by atoms with Crippen LogP contribution in [0.4, 0.5) is 8.78 Å². The zero-order valence-electron chi connectivity index (χ0n) is 12.0. The van der Waals surface area contributed by atoms with Crippen LogP contribution in [0.15, 0.2) is 40.5 Å². The first-order chi connectivity index (χ1) is 10.3. The third kappa shape index (κ3) is 5.85. The molecule has 0 saturated heterocycles. The number of hydrogen-bond donors (Lipinski definition) is 1. The summed E-state index contributed by atoms with van der Waals surface area (Å²) in [6, 6.07) is 2.34. The Morgan fingerprint density at radius 2 is 2.14 bits per heavy atom. The van der Waals surface area contributed by atoms with E-state index in [1.165, 1.54) is 13.0 Å². The fourth-order valence-electron chi connectivity index (χ4n) is 1.48. The fraction of sp³-hybridized carbons (Fsp3) is 0.267. The molecule has 1 aromatic rings. The van der Waals surface area contributed by atoms with E-state index in [1.54, 1.807) is 6.92 Å². The number of halogens is 3. The van der Waals surface area contributed by atoms with Crippen molar-refractivity contribution < 1.29 is 28.2 Å². The normalized spacial score (nSPS) is 12.7. The van der Waals surface area contributed by atoms with Crippen LogP contribution in [0, 0.1) is 5.82 Å². The molecule has 0 radical (unpaired) electrons. The van der Waals surface area contributed by atoms with Gasteiger partial charge in [0.05, 0.1) is 17.5 Å². The van der Waals surface area contributed by atoms with Crippen molar-refractivity contribution in [1.29, 1.82) is 0 Å². The highest BCUT2D eigenvalue weighted by Gasteiger charge is 2.13. The van der Waals surface area contributed by atoms with Crippen LogP contribution in [0.5, 0.6) is 5.75 Å². The summed E-state index contributed by atoms with van der Waals surface area (Å²) in [6.07, 6.45) is 0.709. The number of esters is 1. The van der Waals surface area contributed by atoms with Crippen LogP contribution in [-0.2, 0) is 16.0 Å². The molecular weight excluding hydrogens is 362 g/mol. The number of carbonyl (C=O) groups excluding carboxylic acids is 1. The Balaban J connectivity index is 3.00. The second-order valence-electron chi connectivity index (χ2n) is 4.22. The second-order valence-corrected chi connectivity index (χ2v) is 5.07. The zero-order valence-corrected chi connectivity index (χ0v) is 13.6. The van der Waals surface area contributed by atoms with Crippen molar-refractivity contribution >= 4 is 21.9 Å². The summed E-state index contributed by atoms with van der Waals surface area (Å²) in [5, 5.41) is 9.16. The van der Waals surface area contributed by atoms with Crippen LogP contribution in [0.25, 0.3) is 0 Å². The van der Waals surface area contributed by atoms with E-state index in [-0.39, 0.29) is 34.6 Å². The van der Waals surface area contributed by atoms with Crippen LogP contribution in [0.3, 0.4) is 0 Å². The van der Waals surface area contributed by atoms with Crippen molar-refractivity contribution in [3.63, 3.8) is 0 Å². The summed E-state index contributed by atoms with van der Waals surface area (Å²) >= 11 is 2.94. The molecule has 0 fully saturated rings. The lowest BCUT2D eigenvalue weighted by Crippen LogP contribution is -2.09. The van der Waals surface area contributed by atoms with E-state index in [9.17, 15) is 13.6 Å². The van der Waals surface area contributed by atoms with Crippen molar-refractivity contribution in [1.82, 2.24) is 0 Å². The molecule has 120 valence electrons. The smallest absolute Gasteiger partial charge is 0.310 e. The molecule has 1 aromatic carbocycles. The maximum absolute atomic E-state index is 13.7. The molecular formula is C15H15BrF2O4. The molecule has 0 amide bonds. The number of carbonyl (C=O) groups is 1. The average Bonchev–Trinajstić information content (AvgIpc) is 2.41. The van der Waals surface area contributed by atoms with E-state index < -0.39 is 17.8 Å². The van der Waals surface area contributed by atoms with Crippen LogP contribution >= 0.6 is 15.9 Å². The van der Waals surface area contributed by atoms with E-state index in [0.717, 1.165) is 18.2 Å². The van der Waals surface area contributed by atoms with Crippen LogP contribution in [0.1, 0.15) is 19.4 Å². The van der Waals surface area contributed by atoms with Gasteiger partial charge in [-0.25, -0.2) is 4.39 Å². The Kier molecular flexibility index (Phi) is 7.04. The van der Waals surface area contributed by atoms with Gasteiger partial charge in [0.2, 0.25) is 0 Å². The van der Waals surface area contributed by atoms with Gasteiger partial charge in [0.15, 0.2) is 0 Å². The predicted molar refractivity (Wildman–Crippen MR) is 80.8 cm³/mol. The third-order valence-electron chi connectivity index (χ3n) is 2.46. The standard InChI is InChI=1S/C15H15BrF2O4/c1-3-21-15(20)6-10-4-5-11(17)7-13(10)22-14(18)8-12(16)9(2)19/h4-5,7-8,19H,3,6H2,1-2H3/b12-9-,14-8+. The van der Waals surface area contributed by atoms with E-state index in [2.05, 4.69) is 15.9 Å². The van der Waals surface area contributed by atoms with Gasteiger partial charge in [0.1, 0.15) is 17.3 Å². The highest BCUT2D eigenvalue weighted by atomic mass is 79.9. The summed E-state index contributed by atoms with van der Waals surface area (Å²) in [6.45, 7) is 3.21. The average molecular weight is 377 g/mol. The fourth-order valence-corrected chi connectivity index (χ4v) is 1.66. The number of aliphatic hydroxyl groups excluding tert-OH is 1. The molecule has 0 heterocycles. The molecule has 0 unspecified atom stereocenters. The van der Waals surface area contributed by atoms with Gasteiger partial charge in [-0.15, -0.1) is 0 Å². The lowest BCUT2D eigenvalue weighted by Gasteiger charge is -2.09. The summed E-state index contributed by atoms with van der Waals surface area (Å²) in [5.41, 5.74) is 0.282. The van der Waals surface area contributed by atoms with Crippen LogP contribution < -0.4 is 4.74 Å². The number of aliphatic hydroxyl groups is 1. The second kappa shape index (κ2) is 8.53. The van der Waals surface area contributed by atoms with Crippen molar-refractivity contribution in [2.75, 3.05) is 6.61 Å². The van der Waals surface area contributed by atoms with Crippen molar-refractivity contribution in [2.24, 2.45) is 0 Å². The first kappa shape index (κ1) is 18.2. The van der Waals surface area contributed by atoms with Crippen LogP contribution in [0.2, 0.25) is 0 Å². The molecule has 0 saturated carbocycles. The van der Waals surface area contributed by atoms with Gasteiger partial charge in [0, 0.05) is 17.7 Å². The van der Waals surface area contributed by atoms with Crippen molar-refractivity contribution in [3.05, 3.63) is 51.9 Å². The Morgan fingerprint density at radius 1 is 1.45 bits per heavy atom. The predicted octanol–water partition coefficient (Wildman–Crippen LogP) is 4.31. The highest BCUT2D eigenvalue weighted by molar-refractivity contribution is 9.11. The van der Waals surface area contributed by atoms with Gasteiger partial charge in [-0.1, -0.05) is 6.07 Å². The number of hydrogen-bond acceptors (Lipinski definition) is 4. The topological polar surface area (TPSA) is 55.8 Å². The van der Waals surface area contributed by atoms with Gasteiger partial charge >= 0.3 is 5.97 Å². The SMILES string of the molecule is CCOC(=O)Cc1ccc(F)cc1O/C(F)=C/C(Br)=C(\C)O. The minimum absolute atomic E-state index is 0.0772. The molecule has 0 aromatic heterocycles. The van der Waals surface area contributed by atoms with Crippen LogP contribution in [-0.4, -0.2) is 17.7 Å². The number of benzene rings is 1. The number of allylic oxidation sites excluding steroid dienone is 3. The Bertz CT molecular complexity index is 608. The largest absolute Gasteiger partial charge is 0.511 e. The van der Waals surface area contributed by atoms with Gasteiger partial charge < -0.3 is 14.6 Å². The lowest BCUT2D eigenvalue weighted by molar-refractivity contribution is -0.142. The Labute approximate surface area is 135 Å². The highest BCUT2D eigenvalue weighted by Crippen LogP contribution is 2.25. The maximum atomic E-state index is 13.7. The molecule has 4 nitrogen and oxygen atoms in total. The van der Waals surface area contributed by atoms with E-state index in [4.69, 9.17) is 14.6 Å². The van der Waals surface area contributed by atoms with Gasteiger partial charge in [-0.05, 0) is 35.8 Å². The number of ether oxygens (including phenoxy) is 2. The Morgan fingerprint density at radius 3 is 2.73 bits per heavy atom. The minimum atomic E-state index is -1.07. The third-order valence-corrected chi connectivity index (χ3v) is 3.27. The molecule has 0 atom stereocenters. The zero-order chi connectivity index (χ0) is 16.7. The molecule has 7 heteroatoms. The molecule has 1 rings (SSSR count). The summed E-state index contributed by atoms with van der Waals surface area (Å²) in [4.78, 5) is 11.5. The molecule has 0 aliphatic heterocycles. The summed E-state index contributed by atoms with van der Waals surface area (Å²) < 4.78 is 36.8. The molecule has 0 aliphatic carbocycles. The maximum Gasteiger partial charge on any atom is 0.310 e. The summed E-state index contributed by atoms with van der Waals surface area (Å²) in [7, 11) is 0. The van der Waals surface area contributed by atoms with Gasteiger partial charge in [-0.2, -0.15) is 4.39 Å². The van der Waals surface area contributed by atoms with Gasteiger partial charge in [0.25, 0.3) is 6.01 Å². The van der Waals surface area contributed by atoms with Crippen molar-refractivity contribution in [3.8, 4) is 5.75 Å². The molecule has 0 bridgehead atoms. The molecule has 0 aliphatic rings. The first-order valence-corrected chi connectivity index (χ1v) is 7.17. The first-order valence-electron chi connectivity index (χ1n) is 6.38. The van der Waals surface area contributed by atoms with E-state index in [0.29, 0.717) is 0 Å². The minimum Gasteiger partial charge on any atom is -0.511 e. The van der Waals surface area contributed by atoms with Crippen molar-refractivity contribution in [2.45, 2.75) is 20.3 Å². The molecule has 1 N–H and O–H groups in total. The quantitative estimate of drug-likeness (QED) is 0.456. The van der Waals surface area contributed by atoms with E-state index >= 15 is 0 Å². The summed E-state index contributed by atoms with van der Waals surface area (Å²) in [5.74, 6) is -1.46. The lowest BCUT2D eigenvalue weighted by atomic mass is 10.1. The molecule has 22 heavy (non-hydrogen) atoms. The monoisotopic (exact) mass is 376 g/mol. The van der Waals surface area contributed by atoms with Gasteiger partial charge in [-0.3, -0.25) is 4.79 Å². The number of rotatable bonds is 6.